The van der Waals surface area contributed by atoms with Crippen LogP contribution < -0.4 is 0 Å². The van der Waals surface area contributed by atoms with Crippen molar-refractivity contribution in [2.45, 2.75) is 45.0 Å². The Kier molecular flexibility index (Phi) is 4.75. The summed E-state index contributed by atoms with van der Waals surface area (Å²) in [5.41, 5.74) is 2.10. The Morgan fingerprint density at radius 3 is 2.72 bits per heavy atom. The van der Waals surface area contributed by atoms with Crippen molar-refractivity contribution in [1.29, 1.82) is 0 Å². The predicted molar refractivity (Wildman–Crippen MR) is 70.5 cm³/mol. The molecule has 1 aromatic rings. The maximum absolute atomic E-state index is 10.2. The smallest absolute Gasteiger partial charge is 0.105 e. The van der Waals surface area contributed by atoms with E-state index >= 15 is 0 Å². The van der Waals surface area contributed by atoms with E-state index in [9.17, 15) is 5.11 Å². The molecule has 1 fully saturated rings. The van der Waals surface area contributed by atoms with Crippen LogP contribution in [0.15, 0.2) is 24.3 Å². The minimum atomic E-state index is -0.577. The molecule has 1 N–H and O–H groups in total. The summed E-state index contributed by atoms with van der Waals surface area (Å²) in [6.45, 7) is 5.35. The third kappa shape index (κ3) is 3.55. The Morgan fingerprint density at radius 1 is 1.39 bits per heavy atom. The summed E-state index contributed by atoms with van der Waals surface area (Å²) in [6, 6.07) is 7.91. The molecular formula is C15H22O3. The van der Waals surface area contributed by atoms with E-state index in [1.165, 1.54) is 5.56 Å². The molecule has 2 rings (SSSR count). The minimum absolute atomic E-state index is 0.206. The lowest BCUT2D eigenvalue weighted by atomic mass is 10.0. The summed E-state index contributed by atoms with van der Waals surface area (Å²) < 4.78 is 11.2. The Morgan fingerprint density at radius 2 is 2.11 bits per heavy atom. The molecule has 18 heavy (non-hydrogen) atoms. The molecule has 1 heterocycles. The van der Waals surface area contributed by atoms with Crippen molar-refractivity contribution < 1.29 is 14.6 Å². The van der Waals surface area contributed by atoms with Crippen molar-refractivity contribution in [3.63, 3.8) is 0 Å². The Bertz CT molecular complexity index is 355. The molecule has 3 heteroatoms. The summed E-state index contributed by atoms with van der Waals surface area (Å²) in [6.07, 6.45) is 1.59. The highest BCUT2D eigenvalue weighted by molar-refractivity contribution is 5.23. The van der Waals surface area contributed by atoms with Crippen molar-refractivity contribution >= 4 is 0 Å². The third-order valence-corrected chi connectivity index (χ3v) is 3.43. The van der Waals surface area contributed by atoms with Crippen LogP contribution in [0.4, 0.5) is 0 Å². The van der Waals surface area contributed by atoms with Gasteiger partial charge in [0.25, 0.3) is 0 Å². The lowest BCUT2D eigenvalue weighted by molar-refractivity contribution is -0.0635. The van der Waals surface area contributed by atoms with Gasteiger partial charge in [-0.05, 0) is 32.3 Å². The number of ether oxygens (including phenoxy) is 2. The average molecular weight is 250 g/mol. The zero-order valence-electron chi connectivity index (χ0n) is 11.1. The van der Waals surface area contributed by atoms with Crippen molar-refractivity contribution in [1.82, 2.24) is 0 Å². The zero-order valence-corrected chi connectivity index (χ0v) is 11.1. The van der Waals surface area contributed by atoms with Crippen molar-refractivity contribution in [2.24, 2.45) is 0 Å². The molecule has 0 bridgehead atoms. The van der Waals surface area contributed by atoms with Gasteiger partial charge in [0.15, 0.2) is 0 Å². The highest BCUT2D eigenvalue weighted by atomic mass is 16.5. The molecular weight excluding hydrogens is 228 g/mol. The molecule has 1 aromatic carbocycles. The molecule has 0 amide bonds. The monoisotopic (exact) mass is 250 g/mol. The molecule has 0 spiro atoms. The fraction of sp³-hybridized carbons (Fsp3) is 0.600. The molecule has 0 radical (unpaired) electrons. The molecule has 0 aromatic heterocycles. The van der Waals surface area contributed by atoms with Gasteiger partial charge in [-0.3, -0.25) is 0 Å². The summed E-state index contributed by atoms with van der Waals surface area (Å²) >= 11 is 0. The Labute approximate surface area is 109 Å². The fourth-order valence-corrected chi connectivity index (χ4v) is 2.16. The molecule has 1 aliphatic rings. The lowest BCUT2D eigenvalue weighted by Crippen LogP contribution is -2.24. The molecule has 0 saturated carbocycles. The van der Waals surface area contributed by atoms with Crippen LogP contribution in [0.5, 0.6) is 0 Å². The number of hydrogen-bond donors (Lipinski definition) is 1. The van der Waals surface area contributed by atoms with Crippen LogP contribution in [0.1, 0.15) is 37.0 Å². The first-order chi connectivity index (χ1) is 8.66. The van der Waals surface area contributed by atoms with Gasteiger partial charge in [-0.1, -0.05) is 29.8 Å². The lowest BCUT2D eigenvalue weighted by Gasteiger charge is -2.21. The van der Waals surface area contributed by atoms with Gasteiger partial charge in [-0.15, -0.1) is 0 Å². The van der Waals surface area contributed by atoms with Gasteiger partial charge in [0.2, 0.25) is 0 Å². The average Bonchev–Trinajstić information content (AvgIpc) is 2.89. The largest absolute Gasteiger partial charge is 0.386 e. The van der Waals surface area contributed by atoms with E-state index in [0.29, 0.717) is 6.61 Å². The van der Waals surface area contributed by atoms with Gasteiger partial charge in [0, 0.05) is 6.61 Å². The normalized spacial score (nSPS) is 22.9. The summed E-state index contributed by atoms with van der Waals surface area (Å²) in [7, 11) is 0. The van der Waals surface area contributed by atoms with E-state index in [0.717, 1.165) is 25.0 Å². The minimum Gasteiger partial charge on any atom is -0.386 e. The van der Waals surface area contributed by atoms with Crippen LogP contribution in [0.3, 0.4) is 0 Å². The summed E-state index contributed by atoms with van der Waals surface area (Å²) in [5.74, 6) is 0. The van der Waals surface area contributed by atoms with Gasteiger partial charge in [-0.25, -0.2) is 0 Å². The molecule has 1 saturated heterocycles. The van der Waals surface area contributed by atoms with Crippen LogP contribution >= 0.6 is 0 Å². The Balaban J connectivity index is 1.83. The van der Waals surface area contributed by atoms with Crippen LogP contribution in [0.2, 0.25) is 0 Å². The summed E-state index contributed by atoms with van der Waals surface area (Å²) in [5, 5.41) is 10.2. The third-order valence-electron chi connectivity index (χ3n) is 3.43. The van der Waals surface area contributed by atoms with Crippen LogP contribution in [0.25, 0.3) is 0 Å². The molecule has 1 aliphatic heterocycles. The second kappa shape index (κ2) is 6.32. The zero-order chi connectivity index (χ0) is 13.0. The number of benzene rings is 1. The van der Waals surface area contributed by atoms with E-state index in [-0.39, 0.29) is 12.2 Å². The van der Waals surface area contributed by atoms with Gasteiger partial charge >= 0.3 is 0 Å². The first kappa shape index (κ1) is 13.5. The fourth-order valence-electron chi connectivity index (χ4n) is 2.16. The molecule has 0 aliphatic carbocycles. The van der Waals surface area contributed by atoms with Crippen molar-refractivity contribution in [3.8, 4) is 0 Å². The highest BCUT2D eigenvalue weighted by Crippen LogP contribution is 2.21. The van der Waals surface area contributed by atoms with E-state index < -0.39 is 6.10 Å². The van der Waals surface area contributed by atoms with Crippen LogP contribution in [0, 0.1) is 6.92 Å². The highest BCUT2D eigenvalue weighted by Gasteiger charge is 2.21. The predicted octanol–water partition coefficient (Wildman–Crippen LogP) is 2.61. The van der Waals surface area contributed by atoms with E-state index in [1.54, 1.807) is 0 Å². The molecule has 3 nitrogen and oxygen atoms in total. The number of hydrogen-bond acceptors (Lipinski definition) is 3. The Hall–Kier alpha value is -0.900. The standard InChI is InChI=1S/C15H22O3/c1-11-5-7-13(8-6-11)15(16)12(2)18-10-14-4-3-9-17-14/h5-8,12,14-16H,3-4,9-10H2,1-2H3. The van der Waals surface area contributed by atoms with E-state index in [4.69, 9.17) is 9.47 Å². The maximum Gasteiger partial charge on any atom is 0.105 e. The molecule has 3 unspecified atom stereocenters. The van der Waals surface area contributed by atoms with Gasteiger partial charge in [-0.2, -0.15) is 0 Å². The van der Waals surface area contributed by atoms with Crippen molar-refractivity contribution in [3.05, 3.63) is 35.4 Å². The first-order valence-corrected chi connectivity index (χ1v) is 6.64. The molecule has 100 valence electrons. The number of aryl methyl sites for hydroxylation is 1. The van der Waals surface area contributed by atoms with E-state index in [1.807, 2.05) is 38.1 Å². The van der Waals surface area contributed by atoms with E-state index in [2.05, 4.69) is 0 Å². The second-order valence-electron chi connectivity index (χ2n) is 5.03. The summed E-state index contributed by atoms with van der Waals surface area (Å²) in [4.78, 5) is 0. The van der Waals surface area contributed by atoms with Gasteiger partial charge in [0.1, 0.15) is 6.10 Å². The second-order valence-corrected chi connectivity index (χ2v) is 5.03. The van der Waals surface area contributed by atoms with Gasteiger partial charge in [0.05, 0.1) is 18.8 Å². The van der Waals surface area contributed by atoms with Crippen LogP contribution in [-0.2, 0) is 9.47 Å². The number of rotatable bonds is 5. The first-order valence-electron chi connectivity index (χ1n) is 6.64. The SMILES string of the molecule is Cc1ccc(C(O)C(C)OCC2CCCO2)cc1. The topological polar surface area (TPSA) is 38.7 Å². The quantitative estimate of drug-likeness (QED) is 0.873. The molecule has 3 atom stereocenters. The number of aliphatic hydroxyl groups excluding tert-OH is 1. The van der Waals surface area contributed by atoms with Gasteiger partial charge < -0.3 is 14.6 Å². The van der Waals surface area contributed by atoms with Crippen LogP contribution in [-0.4, -0.2) is 30.5 Å². The van der Waals surface area contributed by atoms with Crippen molar-refractivity contribution in [2.75, 3.05) is 13.2 Å². The maximum atomic E-state index is 10.2. The number of aliphatic hydroxyl groups is 1.